The molecule has 3 N–H and O–H groups in total. The van der Waals surface area contributed by atoms with E-state index in [0.717, 1.165) is 39.8 Å². The Morgan fingerprint density at radius 1 is 0.724 bits per heavy atom. The van der Waals surface area contributed by atoms with Gasteiger partial charge >= 0.3 is 23.5 Å². The molecule has 3 aliphatic rings. The minimum atomic E-state index is -1.17. The highest BCUT2D eigenvalue weighted by atomic mass is 35.5. The van der Waals surface area contributed by atoms with E-state index >= 15 is 0 Å². The number of carboxylic acid groups (broad SMARTS) is 2. The molecule has 7 rings (SSSR count). The summed E-state index contributed by atoms with van der Waals surface area (Å²) in [6, 6.07) is 32.1. The Bertz CT molecular complexity index is 1940. The maximum Gasteiger partial charge on any atom is 0.408 e. The van der Waals surface area contributed by atoms with E-state index in [0.29, 0.717) is 32.8 Å². The highest BCUT2D eigenvalue weighted by Gasteiger charge is 2.28. The van der Waals surface area contributed by atoms with Crippen LogP contribution in [0, 0.1) is 0 Å². The number of ether oxygens (including phenoxy) is 5. The van der Waals surface area contributed by atoms with Gasteiger partial charge in [-0.25, -0.2) is 19.2 Å². The first kappa shape index (κ1) is 43.2. The summed E-state index contributed by atoms with van der Waals surface area (Å²) < 4.78 is 25.1. The van der Waals surface area contributed by atoms with Gasteiger partial charge in [0.1, 0.15) is 24.3 Å². The highest BCUT2D eigenvalue weighted by Crippen LogP contribution is 2.44. The summed E-state index contributed by atoms with van der Waals surface area (Å²) in [4.78, 5) is 48.2. The Hall–Kier alpha value is -5.96. The minimum absolute atomic E-state index is 0.0843. The van der Waals surface area contributed by atoms with E-state index in [-0.39, 0.29) is 37.6 Å². The topological polar surface area (TPSA) is 202 Å². The number of nitrogens with zero attached hydrogens (tertiary/aromatic N) is 1. The molecule has 2 saturated heterocycles. The van der Waals surface area contributed by atoms with Crippen LogP contribution in [0.25, 0.3) is 11.1 Å². The van der Waals surface area contributed by atoms with E-state index in [9.17, 15) is 29.4 Å². The van der Waals surface area contributed by atoms with Crippen LogP contribution < -0.4 is 10.4 Å². The first-order valence-corrected chi connectivity index (χ1v) is 19.0. The number of hydrogen-bond acceptors (Lipinski definition) is 11. The molecular formula is C43H44ClN2O12-. The summed E-state index contributed by atoms with van der Waals surface area (Å²) in [6.45, 7) is 2.19. The van der Waals surface area contributed by atoms with Crippen LogP contribution in [0.3, 0.4) is 0 Å². The number of aliphatic imine (C=N–C) groups is 1. The number of halogens is 1. The van der Waals surface area contributed by atoms with Crippen LogP contribution in [-0.4, -0.2) is 97.1 Å². The number of carboxylic acids is 2. The van der Waals surface area contributed by atoms with Gasteiger partial charge in [-0.05, 0) is 33.4 Å². The Morgan fingerprint density at radius 3 is 1.71 bits per heavy atom. The lowest BCUT2D eigenvalue weighted by Crippen LogP contribution is -2.43. The van der Waals surface area contributed by atoms with Crippen LogP contribution in [0.2, 0.25) is 0 Å². The van der Waals surface area contributed by atoms with Crippen molar-refractivity contribution in [1.82, 2.24) is 5.32 Å². The quantitative estimate of drug-likeness (QED) is 0.0913. The van der Waals surface area contributed by atoms with Crippen molar-refractivity contribution in [1.29, 1.82) is 0 Å². The maximum atomic E-state index is 12.3. The molecule has 306 valence electrons. The van der Waals surface area contributed by atoms with Gasteiger partial charge in [0, 0.05) is 49.8 Å². The molecule has 0 bridgehead atoms. The normalized spacial score (nSPS) is 17.8. The van der Waals surface area contributed by atoms with Crippen LogP contribution >= 0.6 is 11.6 Å². The largest absolute Gasteiger partial charge is 0.599 e. The number of nitrogens with one attached hydrogen (secondary N) is 1. The van der Waals surface area contributed by atoms with Crippen LogP contribution in [0.4, 0.5) is 9.59 Å². The summed E-state index contributed by atoms with van der Waals surface area (Å²) in [5.41, 5.74) is 5.35. The molecule has 4 aromatic carbocycles. The Balaban J connectivity index is 0.000000190. The number of alkyl carbamates (subject to hydrolysis) is 1. The lowest BCUT2D eigenvalue weighted by Gasteiger charge is -2.22. The zero-order chi connectivity index (χ0) is 41.3. The van der Waals surface area contributed by atoms with Crippen molar-refractivity contribution < 1.29 is 58.2 Å². The molecule has 0 radical (unpaired) electrons. The van der Waals surface area contributed by atoms with E-state index in [1.807, 2.05) is 97.1 Å². The van der Waals surface area contributed by atoms with Gasteiger partial charge in [-0.2, -0.15) is 0 Å². The molecule has 14 nitrogen and oxygen atoms in total. The Labute approximate surface area is 340 Å². The number of rotatable bonds is 12. The van der Waals surface area contributed by atoms with Crippen molar-refractivity contribution in [3.63, 3.8) is 0 Å². The van der Waals surface area contributed by atoms with Crippen molar-refractivity contribution in [3.05, 3.63) is 131 Å². The molecule has 4 atom stereocenters. The fraction of sp³-hybridized carbons (Fsp3) is 0.326. The van der Waals surface area contributed by atoms with E-state index < -0.39 is 41.6 Å². The van der Waals surface area contributed by atoms with Gasteiger partial charge < -0.3 is 44.3 Å². The van der Waals surface area contributed by atoms with Crippen LogP contribution in [-0.2, 0) is 46.1 Å². The molecule has 0 unspecified atom stereocenters. The summed E-state index contributed by atoms with van der Waals surface area (Å²) in [5.74, 6) is -2.32. The van der Waals surface area contributed by atoms with Crippen molar-refractivity contribution >= 4 is 41.1 Å². The first-order chi connectivity index (χ1) is 28.1. The SMILES string of the molecule is O=C(Cl)O[C@H]1CCOC1.O=C(N[C@@H](Cc1ccccc1)C(=O)O)O[C@H]1CCOC1.O=C(O)[C@H](Cc1ccccc1)N=C([O-])OCC1c2ccccc2-c2ccccc21. The van der Waals surface area contributed by atoms with Gasteiger partial charge in [-0.15, -0.1) is 0 Å². The van der Waals surface area contributed by atoms with Gasteiger partial charge in [0.2, 0.25) is 0 Å². The van der Waals surface area contributed by atoms with Crippen molar-refractivity contribution in [2.24, 2.45) is 4.99 Å². The zero-order valence-corrected chi connectivity index (χ0v) is 32.2. The lowest BCUT2D eigenvalue weighted by molar-refractivity contribution is -0.251. The number of fused-ring (bicyclic) bond motifs is 3. The second kappa shape index (κ2) is 22.1. The van der Waals surface area contributed by atoms with Crippen LogP contribution in [0.5, 0.6) is 0 Å². The summed E-state index contributed by atoms with van der Waals surface area (Å²) in [5, 5.41) is 33.2. The minimum Gasteiger partial charge on any atom is -0.599 e. The molecule has 2 heterocycles. The van der Waals surface area contributed by atoms with E-state index in [4.69, 9.17) is 35.7 Å². The molecular weight excluding hydrogens is 772 g/mol. The van der Waals surface area contributed by atoms with Crippen molar-refractivity contribution in [2.75, 3.05) is 33.0 Å². The van der Waals surface area contributed by atoms with E-state index in [1.54, 1.807) is 0 Å². The van der Waals surface area contributed by atoms with Crippen LogP contribution in [0.1, 0.15) is 41.0 Å². The molecule has 0 saturated carbocycles. The van der Waals surface area contributed by atoms with Gasteiger partial charge in [0.25, 0.3) is 0 Å². The van der Waals surface area contributed by atoms with Gasteiger partial charge in [0.15, 0.2) is 6.04 Å². The Kier molecular flexibility index (Phi) is 16.5. The highest BCUT2D eigenvalue weighted by molar-refractivity contribution is 6.61. The third kappa shape index (κ3) is 13.3. The van der Waals surface area contributed by atoms with Gasteiger partial charge in [-0.3, -0.25) is 4.99 Å². The summed E-state index contributed by atoms with van der Waals surface area (Å²) in [6.07, 6.45) is -0.218. The number of benzene rings is 4. The predicted molar refractivity (Wildman–Crippen MR) is 211 cm³/mol. The monoisotopic (exact) mass is 815 g/mol. The number of carbonyl (C=O) groups is 4. The first-order valence-electron chi connectivity index (χ1n) is 18.7. The fourth-order valence-corrected chi connectivity index (χ4v) is 6.63. The fourth-order valence-electron chi connectivity index (χ4n) is 6.50. The maximum absolute atomic E-state index is 12.3. The van der Waals surface area contributed by atoms with Crippen molar-refractivity contribution in [2.45, 2.75) is 55.9 Å². The number of carbonyl (C=O) groups excluding carboxylic acids is 2. The van der Waals surface area contributed by atoms with Gasteiger partial charge in [-0.1, -0.05) is 109 Å². The summed E-state index contributed by atoms with van der Waals surface area (Å²) >= 11 is 4.94. The van der Waals surface area contributed by atoms with E-state index in [1.165, 1.54) is 0 Å². The standard InChI is InChI=1S/C24H21NO4.C14H17NO5.C5H7ClO3/c26-23(27)22(14-16-8-2-1-3-9-16)25-24(28)29-15-21-19-12-6-4-10-17(19)18-11-5-7-13-20(18)21;16-13(17)12(8-10-4-2-1-3-5-10)15-14(18)20-11-6-7-19-9-11;6-5(7)9-4-1-2-8-3-4/h1-13,21-22H,14-15H2,(H,25,28)(H,26,27);1-5,11-12H,6-9H2,(H,15,18)(H,16,17);4H,1-3H2/p-1/t22-;11-,12-;4-/m000/s1. The molecule has 15 heteroatoms. The smallest absolute Gasteiger partial charge is 0.408 e. The zero-order valence-electron chi connectivity index (χ0n) is 31.4. The second-order valence-electron chi connectivity index (χ2n) is 13.4. The molecule has 1 amide bonds. The molecule has 0 spiro atoms. The second-order valence-corrected chi connectivity index (χ2v) is 13.7. The number of amides is 1. The number of hydrogen-bond donors (Lipinski definition) is 3. The third-order valence-corrected chi connectivity index (χ3v) is 9.42. The van der Waals surface area contributed by atoms with Crippen LogP contribution in [0.15, 0.2) is 114 Å². The Morgan fingerprint density at radius 2 is 1.22 bits per heavy atom. The van der Waals surface area contributed by atoms with E-state index in [2.05, 4.69) is 27.2 Å². The average Bonchev–Trinajstić information content (AvgIpc) is 3.99. The lowest BCUT2D eigenvalue weighted by atomic mass is 9.98. The molecule has 4 aromatic rings. The summed E-state index contributed by atoms with van der Waals surface area (Å²) in [7, 11) is 0. The average molecular weight is 816 g/mol. The van der Waals surface area contributed by atoms with Crippen molar-refractivity contribution in [3.8, 4) is 11.1 Å². The molecule has 58 heavy (non-hydrogen) atoms. The number of aliphatic carboxylic acids is 2. The predicted octanol–water partition coefficient (Wildman–Crippen LogP) is 5.58. The molecule has 2 fully saturated rings. The molecule has 1 aliphatic carbocycles. The molecule has 0 aromatic heterocycles. The van der Waals surface area contributed by atoms with Gasteiger partial charge in [0.05, 0.1) is 26.4 Å². The molecule has 2 aliphatic heterocycles. The third-order valence-electron chi connectivity index (χ3n) is 9.34.